The van der Waals surface area contributed by atoms with Gasteiger partial charge in [-0.1, -0.05) is 0 Å². The number of hydrogen-bond donors (Lipinski definition) is 1. The molecule has 2 aromatic rings. The zero-order chi connectivity index (χ0) is 19.0. The van der Waals surface area contributed by atoms with Crippen LogP contribution in [0.25, 0.3) is 0 Å². The Labute approximate surface area is 153 Å². The fourth-order valence-corrected chi connectivity index (χ4v) is 2.94. The minimum Gasteiger partial charge on any atom is -0.494 e. The van der Waals surface area contributed by atoms with Crippen LogP contribution in [-0.2, 0) is 10.0 Å². The van der Waals surface area contributed by atoms with Crippen LogP contribution in [0.3, 0.4) is 0 Å². The van der Waals surface area contributed by atoms with E-state index < -0.39 is 10.0 Å². The molecule has 0 fully saturated rings. The van der Waals surface area contributed by atoms with E-state index in [4.69, 9.17) is 14.2 Å². The molecule has 140 valence electrons. The lowest BCUT2D eigenvalue weighted by Gasteiger charge is -2.09. The van der Waals surface area contributed by atoms with E-state index in [0.717, 1.165) is 0 Å². The summed E-state index contributed by atoms with van der Waals surface area (Å²) in [5.74, 6) is 1.77. The number of nitrogens with zero attached hydrogens (tertiary/aromatic N) is 1. The van der Waals surface area contributed by atoms with Crippen molar-refractivity contribution in [3.05, 3.63) is 48.0 Å². The van der Waals surface area contributed by atoms with Crippen LogP contribution >= 0.6 is 0 Å². The first-order valence-electron chi connectivity index (χ1n) is 8.08. The lowest BCUT2D eigenvalue weighted by molar-refractivity contribution is 0.311. The molecule has 2 aromatic carbocycles. The van der Waals surface area contributed by atoms with Crippen LogP contribution in [0.15, 0.2) is 52.5 Å². The lowest BCUT2D eigenvalue weighted by atomic mass is 10.2. The topological polar surface area (TPSA) is 86.2 Å². The summed E-state index contributed by atoms with van der Waals surface area (Å²) in [6.07, 6.45) is 1.39. The van der Waals surface area contributed by atoms with Crippen LogP contribution in [0.4, 0.5) is 0 Å². The summed E-state index contributed by atoms with van der Waals surface area (Å²) in [4.78, 5) is 2.28. The quantitative estimate of drug-likeness (QED) is 0.536. The fourth-order valence-electron chi connectivity index (χ4n) is 2.14. The molecule has 2 rings (SSSR count). The van der Waals surface area contributed by atoms with Gasteiger partial charge in [0.15, 0.2) is 11.5 Å². The molecule has 0 bridgehead atoms. The molecule has 0 unspecified atom stereocenters. The highest BCUT2D eigenvalue weighted by Gasteiger charge is 2.12. The fraction of sp³-hybridized carbons (Fsp3) is 0.278. The molecular weight excluding hydrogens is 356 g/mol. The predicted molar refractivity (Wildman–Crippen MR) is 99.7 cm³/mol. The minimum atomic E-state index is -3.75. The normalized spacial score (nSPS) is 11.3. The van der Waals surface area contributed by atoms with Gasteiger partial charge in [0.25, 0.3) is 10.0 Å². The molecule has 0 amide bonds. The summed E-state index contributed by atoms with van der Waals surface area (Å²) in [6.45, 7) is 4.77. The second-order valence-electron chi connectivity index (χ2n) is 5.10. The standard InChI is InChI=1S/C18H22N2O5S/c1-4-24-15-7-9-16(10-8-15)26(21,22)20-19-13-14-6-11-17(25-5-2)18(12-14)23-3/h6-13,20H,4-5H2,1-3H3. The van der Waals surface area contributed by atoms with Gasteiger partial charge in [0.2, 0.25) is 0 Å². The van der Waals surface area contributed by atoms with Gasteiger partial charge in [-0.15, -0.1) is 0 Å². The molecule has 0 aliphatic heterocycles. The van der Waals surface area contributed by atoms with Crippen LogP contribution in [0.5, 0.6) is 17.2 Å². The summed E-state index contributed by atoms with van der Waals surface area (Å²) in [5, 5.41) is 3.81. The molecule has 0 radical (unpaired) electrons. The molecule has 0 spiro atoms. The van der Waals surface area contributed by atoms with Gasteiger partial charge in [-0.05, 0) is 61.9 Å². The number of sulfonamides is 1. The summed E-state index contributed by atoms with van der Waals surface area (Å²) < 4.78 is 40.5. The Morgan fingerprint density at radius 3 is 2.31 bits per heavy atom. The van der Waals surface area contributed by atoms with E-state index in [1.165, 1.54) is 25.5 Å². The van der Waals surface area contributed by atoms with Crippen molar-refractivity contribution in [2.24, 2.45) is 5.10 Å². The SMILES string of the molecule is CCOc1ccc(S(=O)(=O)NN=Cc2ccc(OCC)c(OC)c2)cc1. The smallest absolute Gasteiger partial charge is 0.276 e. The summed E-state index contributed by atoms with van der Waals surface area (Å²) in [7, 11) is -2.22. The zero-order valence-electron chi connectivity index (χ0n) is 14.9. The van der Waals surface area contributed by atoms with Crippen LogP contribution in [0.2, 0.25) is 0 Å². The lowest BCUT2D eigenvalue weighted by Crippen LogP contribution is -2.18. The first-order valence-corrected chi connectivity index (χ1v) is 9.57. The van der Waals surface area contributed by atoms with Crippen molar-refractivity contribution in [1.29, 1.82) is 0 Å². The van der Waals surface area contributed by atoms with Gasteiger partial charge in [0.05, 0.1) is 31.4 Å². The van der Waals surface area contributed by atoms with Crippen LogP contribution in [0, 0.1) is 0 Å². The van der Waals surface area contributed by atoms with Gasteiger partial charge in [-0.2, -0.15) is 13.5 Å². The average Bonchev–Trinajstić information content (AvgIpc) is 2.63. The second kappa shape index (κ2) is 9.10. The van der Waals surface area contributed by atoms with Gasteiger partial charge >= 0.3 is 0 Å². The molecule has 0 saturated carbocycles. The molecule has 8 heteroatoms. The van der Waals surface area contributed by atoms with E-state index in [1.807, 2.05) is 13.8 Å². The van der Waals surface area contributed by atoms with Crippen molar-refractivity contribution in [2.75, 3.05) is 20.3 Å². The van der Waals surface area contributed by atoms with E-state index in [-0.39, 0.29) is 4.90 Å². The molecule has 0 aromatic heterocycles. The van der Waals surface area contributed by atoms with Gasteiger partial charge in [0, 0.05) is 0 Å². The first-order chi connectivity index (χ1) is 12.5. The molecular formula is C18H22N2O5S. The predicted octanol–water partition coefficient (Wildman–Crippen LogP) is 2.81. The van der Waals surface area contributed by atoms with Crippen molar-refractivity contribution in [3.8, 4) is 17.2 Å². The Balaban J connectivity index is 2.08. The number of benzene rings is 2. The number of methoxy groups -OCH3 is 1. The Morgan fingerprint density at radius 1 is 1.00 bits per heavy atom. The van der Waals surface area contributed by atoms with Crippen LogP contribution in [-0.4, -0.2) is 35.0 Å². The molecule has 0 atom stereocenters. The maximum atomic E-state index is 12.2. The summed E-state index contributed by atoms with van der Waals surface area (Å²) >= 11 is 0. The van der Waals surface area contributed by atoms with E-state index >= 15 is 0 Å². The van der Waals surface area contributed by atoms with Crippen molar-refractivity contribution in [3.63, 3.8) is 0 Å². The molecule has 0 aliphatic rings. The number of nitrogens with one attached hydrogen (secondary N) is 1. The average molecular weight is 378 g/mol. The molecule has 0 aliphatic carbocycles. The Kier molecular flexibility index (Phi) is 6.85. The van der Waals surface area contributed by atoms with E-state index in [1.54, 1.807) is 30.3 Å². The summed E-state index contributed by atoms with van der Waals surface area (Å²) in [5.41, 5.74) is 0.666. The van der Waals surface area contributed by atoms with Crippen molar-refractivity contribution in [2.45, 2.75) is 18.7 Å². The van der Waals surface area contributed by atoms with E-state index in [0.29, 0.717) is 36.0 Å². The maximum Gasteiger partial charge on any atom is 0.276 e. The highest BCUT2D eigenvalue weighted by Crippen LogP contribution is 2.27. The number of hydrazone groups is 1. The number of hydrogen-bond acceptors (Lipinski definition) is 6. The Hall–Kier alpha value is -2.74. The first kappa shape index (κ1) is 19.6. The van der Waals surface area contributed by atoms with Crippen molar-refractivity contribution >= 4 is 16.2 Å². The number of rotatable bonds is 9. The molecule has 1 N–H and O–H groups in total. The zero-order valence-corrected chi connectivity index (χ0v) is 15.7. The third kappa shape index (κ3) is 5.13. The Bertz CT molecular complexity index is 848. The third-order valence-corrected chi connectivity index (χ3v) is 4.56. The largest absolute Gasteiger partial charge is 0.494 e. The summed E-state index contributed by atoms with van der Waals surface area (Å²) in [6, 6.07) is 11.3. The second-order valence-corrected chi connectivity index (χ2v) is 6.76. The van der Waals surface area contributed by atoms with Crippen molar-refractivity contribution in [1.82, 2.24) is 4.83 Å². The molecule has 7 nitrogen and oxygen atoms in total. The monoisotopic (exact) mass is 378 g/mol. The maximum absolute atomic E-state index is 12.2. The number of ether oxygens (including phenoxy) is 3. The van der Waals surface area contributed by atoms with Gasteiger partial charge in [-0.3, -0.25) is 0 Å². The highest BCUT2D eigenvalue weighted by atomic mass is 32.2. The van der Waals surface area contributed by atoms with Crippen LogP contribution in [0.1, 0.15) is 19.4 Å². The van der Waals surface area contributed by atoms with Gasteiger partial charge in [0.1, 0.15) is 5.75 Å². The molecule has 0 heterocycles. The third-order valence-electron chi connectivity index (χ3n) is 3.32. The minimum absolute atomic E-state index is 0.0994. The van der Waals surface area contributed by atoms with E-state index in [2.05, 4.69) is 9.93 Å². The van der Waals surface area contributed by atoms with Gasteiger partial charge < -0.3 is 14.2 Å². The van der Waals surface area contributed by atoms with Crippen LogP contribution < -0.4 is 19.0 Å². The van der Waals surface area contributed by atoms with E-state index in [9.17, 15) is 8.42 Å². The Morgan fingerprint density at radius 2 is 1.69 bits per heavy atom. The molecule has 0 saturated heterocycles. The van der Waals surface area contributed by atoms with Crippen molar-refractivity contribution < 1.29 is 22.6 Å². The van der Waals surface area contributed by atoms with Gasteiger partial charge in [-0.25, -0.2) is 4.83 Å². The highest BCUT2D eigenvalue weighted by molar-refractivity contribution is 7.89. The molecule has 26 heavy (non-hydrogen) atoms.